The molecule has 2 saturated heterocycles. The molecule has 3 heterocycles. The number of ether oxygens (including phenoxy) is 5. The number of hydrogen-bond acceptors (Lipinski definition) is 10. The number of phenolic OH excluding ortho intramolecular Hbond substituents is 1. The minimum Gasteiger partial charge on any atom is -0.502 e. The normalized spacial score (nSPS) is 24.0. The van der Waals surface area contributed by atoms with E-state index in [-0.39, 0.29) is 55.0 Å². The van der Waals surface area contributed by atoms with Gasteiger partial charge in [-0.2, -0.15) is 0 Å². The standard InChI is InChI=1S/C34H37N3O8/c1-41-27-12-21(13-28(42-2)33(27)39)30-22-14-25-26(45-19-44-25)15-23(22)32(24-18-43-34(40)31(24)30)35-29(38)17-37-10-8-36(9-11-37)16-20-6-4-3-5-7-20/h3-7,12-15,24,30-32,39H,8-11,16-19H2,1-2H3,(H,35,38). The minimum atomic E-state index is -0.594. The van der Waals surface area contributed by atoms with E-state index in [4.69, 9.17) is 23.7 Å². The molecule has 45 heavy (non-hydrogen) atoms. The van der Waals surface area contributed by atoms with Crippen molar-refractivity contribution in [3.63, 3.8) is 0 Å². The number of esters is 1. The Morgan fingerprint density at radius 2 is 1.56 bits per heavy atom. The fourth-order valence-corrected chi connectivity index (χ4v) is 7.21. The van der Waals surface area contributed by atoms with E-state index in [1.54, 1.807) is 12.1 Å². The van der Waals surface area contributed by atoms with Crippen molar-refractivity contribution < 1.29 is 38.4 Å². The van der Waals surface area contributed by atoms with Gasteiger partial charge in [0.05, 0.1) is 39.3 Å². The lowest BCUT2D eigenvalue weighted by molar-refractivity contribution is -0.141. The molecule has 4 unspecified atom stereocenters. The molecule has 1 aliphatic carbocycles. The lowest BCUT2D eigenvalue weighted by Gasteiger charge is -2.40. The molecule has 3 aromatic rings. The first-order valence-electron chi connectivity index (χ1n) is 15.3. The first kappa shape index (κ1) is 29.2. The van der Waals surface area contributed by atoms with Crippen LogP contribution in [0.15, 0.2) is 54.6 Å². The van der Waals surface area contributed by atoms with Gasteiger partial charge >= 0.3 is 5.97 Å². The number of amides is 1. The number of rotatable bonds is 8. The Kier molecular flexibility index (Phi) is 7.88. The Labute approximate surface area is 261 Å². The fourth-order valence-electron chi connectivity index (χ4n) is 7.21. The van der Waals surface area contributed by atoms with Gasteiger partial charge in [0.2, 0.25) is 18.4 Å². The van der Waals surface area contributed by atoms with Crippen molar-refractivity contribution in [2.75, 3.05) is 60.3 Å². The number of benzene rings is 3. The first-order chi connectivity index (χ1) is 21.9. The van der Waals surface area contributed by atoms with Crippen molar-refractivity contribution in [2.45, 2.75) is 18.5 Å². The topological polar surface area (TPSA) is 119 Å². The molecule has 3 aromatic carbocycles. The number of piperazine rings is 1. The molecular formula is C34H37N3O8. The largest absolute Gasteiger partial charge is 0.502 e. The molecule has 7 rings (SSSR count). The zero-order valence-electron chi connectivity index (χ0n) is 25.4. The van der Waals surface area contributed by atoms with Gasteiger partial charge in [-0.05, 0) is 46.5 Å². The summed E-state index contributed by atoms with van der Waals surface area (Å²) in [6.07, 6.45) is 0. The number of phenols is 1. The molecule has 11 nitrogen and oxygen atoms in total. The average molecular weight is 616 g/mol. The van der Waals surface area contributed by atoms with Crippen LogP contribution in [0.5, 0.6) is 28.7 Å². The van der Waals surface area contributed by atoms with Crippen molar-refractivity contribution >= 4 is 11.9 Å². The van der Waals surface area contributed by atoms with Gasteiger partial charge in [0, 0.05) is 44.6 Å². The maximum Gasteiger partial charge on any atom is 0.310 e. The molecule has 2 fully saturated rings. The van der Waals surface area contributed by atoms with Gasteiger partial charge < -0.3 is 34.1 Å². The Morgan fingerprint density at radius 3 is 2.22 bits per heavy atom. The van der Waals surface area contributed by atoms with Crippen LogP contribution in [0.1, 0.15) is 34.2 Å². The number of aromatic hydroxyl groups is 1. The highest BCUT2D eigenvalue weighted by Crippen LogP contribution is 2.55. The molecule has 4 atom stereocenters. The number of cyclic esters (lactones) is 1. The van der Waals surface area contributed by atoms with Crippen molar-refractivity contribution in [3.8, 4) is 28.7 Å². The summed E-state index contributed by atoms with van der Waals surface area (Å²) in [6, 6.07) is 17.2. The van der Waals surface area contributed by atoms with E-state index in [1.165, 1.54) is 19.8 Å². The highest BCUT2D eigenvalue weighted by molar-refractivity contribution is 5.82. The van der Waals surface area contributed by atoms with Crippen LogP contribution in [0.4, 0.5) is 0 Å². The zero-order chi connectivity index (χ0) is 31.1. The van der Waals surface area contributed by atoms with Crippen LogP contribution >= 0.6 is 0 Å². The van der Waals surface area contributed by atoms with Crippen molar-refractivity contribution in [2.24, 2.45) is 11.8 Å². The summed E-state index contributed by atoms with van der Waals surface area (Å²) < 4.78 is 28.0. The van der Waals surface area contributed by atoms with Gasteiger partial charge in [0.25, 0.3) is 0 Å². The van der Waals surface area contributed by atoms with E-state index in [0.717, 1.165) is 43.9 Å². The van der Waals surface area contributed by atoms with Crippen LogP contribution in [0.25, 0.3) is 0 Å². The highest BCUT2D eigenvalue weighted by atomic mass is 16.7. The van der Waals surface area contributed by atoms with Crippen molar-refractivity contribution in [1.82, 2.24) is 15.1 Å². The summed E-state index contributed by atoms with van der Waals surface area (Å²) in [5.41, 5.74) is 3.66. The number of nitrogens with one attached hydrogen (secondary N) is 1. The first-order valence-corrected chi connectivity index (χ1v) is 15.3. The quantitative estimate of drug-likeness (QED) is 0.366. The van der Waals surface area contributed by atoms with Crippen LogP contribution in [0.2, 0.25) is 0 Å². The predicted octanol–water partition coefficient (Wildman–Crippen LogP) is 3.05. The molecule has 0 saturated carbocycles. The van der Waals surface area contributed by atoms with E-state index in [0.29, 0.717) is 17.1 Å². The van der Waals surface area contributed by atoms with Crippen LogP contribution in [0, 0.1) is 11.8 Å². The Bertz CT molecular complexity index is 1560. The van der Waals surface area contributed by atoms with E-state index in [2.05, 4.69) is 39.4 Å². The smallest absolute Gasteiger partial charge is 0.310 e. The summed E-state index contributed by atoms with van der Waals surface area (Å²) in [4.78, 5) is 31.6. The van der Waals surface area contributed by atoms with Gasteiger partial charge in [-0.25, -0.2) is 0 Å². The maximum atomic E-state index is 13.6. The summed E-state index contributed by atoms with van der Waals surface area (Å²) >= 11 is 0. The van der Waals surface area contributed by atoms with E-state index < -0.39 is 17.9 Å². The number of hydrogen-bond donors (Lipinski definition) is 2. The summed E-state index contributed by atoms with van der Waals surface area (Å²) in [5.74, 6) is -0.340. The molecule has 2 N–H and O–H groups in total. The van der Waals surface area contributed by atoms with Gasteiger partial charge in [-0.15, -0.1) is 0 Å². The van der Waals surface area contributed by atoms with Crippen LogP contribution < -0.4 is 24.3 Å². The number of fused-ring (bicyclic) bond motifs is 3. The molecule has 0 radical (unpaired) electrons. The average Bonchev–Trinajstić information content (AvgIpc) is 3.68. The third-order valence-electron chi connectivity index (χ3n) is 9.45. The second kappa shape index (κ2) is 12.1. The fraction of sp³-hybridized carbons (Fsp3) is 0.412. The second-order valence-electron chi connectivity index (χ2n) is 12.0. The van der Waals surface area contributed by atoms with Crippen LogP contribution in [-0.4, -0.2) is 87.1 Å². The lowest BCUT2D eigenvalue weighted by atomic mass is 9.65. The second-order valence-corrected chi connectivity index (χ2v) is 12.0. The van der Waals surface area contributed by atoms with Crippen molar-refractivity contribution in [1.29, 1.82) is 0 Å². The molecule has 236 valence electrons. The van der Waals surface area contributed by atoms with Gasteiger partial charge in [0.15, 0.2) is 23.0 Å². The molecular weight excluding hydrogens is 578 g/mol. The molecule has 4 aliphatic rings. The minimum absolute atomic E-state index is 0.0892. The Hall–Kier alpha value is -4.48. The van der Waals surface area contributed by atoms with Crippen molar-refractivity contribution in [3.05, 3.63) is 76.9 Å². The SMILES string of the molecule is COc1cc(C2c3cc4c(cc3C(NC(=O)CN3CCN(Cc5ccccc5)CC3)C3COC(=O)C23)OCO4)cc(OC)c1O. The van der Waals surface area contributed by atoms with Crippen LogP contribution in [-0.2, 0) is 20.9 Å². The zero-order valence-corrected chi connectivity index (χ0v) is 25.4. The number of nitrogens with zero attached hydrogens (tertiary/aromatic N) is 2. The molecule has 1 amide bonds. The monoisotopic (exact) mass is 615 g/mol. The third-order valence-corrected chi connectivity index (χ3v) is 9.45. The van der Waals surface area contributed by atoms with Gasteiger partial charge in [-0.1, -0.05) is 30.3 Å². The third kappa shape index (κ3) is 5.51. The molecule has 0 spiro atoms. The summed E-state index contributed by atoms with van der Waals surface area (Å²) in [7, 11) is 2.93. The number of methoxy groups -OCH3 is 2. The van der Waals surface area contributed by atoms with E-state index in [9.17, 15) is 14.7 Å². The Balaban J connectivity index is 1.15. The van der Waals surface area contributed by atoms with Crippen LogP contribution in [0.3, 0.4) is 0 Å². The van der Waals surface area contributed by atoms with Gasteiger partial charge in [-0.3, -0.25) is 19.4 Å². The predicted molar refractivity (Wildman–Crippen MR) is 163 cm³/mol. The molecule has 0 bridgehead atoms. The molecule has 0 aromatic heterocycles. The molecule has 3 aliphatic heterocycles. The van der Waals surface area contributed by atoms with Gasteiger partial charge in [0.1, 0.15) is 0 Å². The van der Waals surface area contributed by atoms with E-state index in [1.807, 2.05) is 18.2 Å². The number of carbonyl (C=O) groups is 2. The maximum absolute atomic E-state index is 13.6. The van der Waals surface area contributed by atoms with E-state index >= 15 is 0 Å². The Morgan fingerprint density at radius 1 is 0.911 bits per heavy atom. The summed E-state index contributed by atoms with van der Waals surface area (Å²) in [6.45, 7) is 4.76. The number of carbonyl (C=O) groups excluding carboxylic acids is 2. The summed E-state index contributed by atoms with van der Waals surface area (Å²) in [5, 5.41) is 13.9. The lowest BCUT2D eigenvalue weighted by Crippen LogP contribution is -2.50. The molecule has 11 heteroatoms. The highest BCUT2D eigenvalue weighted by Gasteiger charge is 2.53.